The topological polar surface area (TPSA) is 17.1 Å². The van der Waals surface area contributed by atoms with E-state index in [1.165, 1.54) is 11.1 Å². The maximum absolute atomic E-state index is 11.1. The number of carbonyl (C=O) groups is 1. The van der Waals surface area contributed by atoms with Crippen molar-refractivity contribution in [2.45, 2.75) is 40.0 Å². The fourth-order valence-corrected chi connectivity index (χ4v) is 1.67. The number of ketones is 1. The molecule has 1 aliphatic carbocycles. The van der Waals surface area contributed by atoms with Gasteiger partial charge in [0.05, 0.1) is 0 Å². The second-order valence-corrected chi connectivity index (χ2v) is 4.11. The molecule has 0 spiro atoms. The van der Waals surface area contributed by atoms with Crippen LogP contribution in [0.4, 0.5) is 0 Å². The van der Waals surface area contributed by atoms with E-state index in [2.05, 4.69) is 26.8 Å². The van der Waals surface area contributed by atoms with E-state index in [4.69, 9.17) is 0 Å². The second-order valence-electron chi connectivity index (χ2n) is 4.11. The zero-order valence-corrected chi connectivity index (χ0v) is 8.76. The molecule has 1 aliphatic rings. The van der Waals surface area contributed by atoms with Crippen LogP contribution in [0.25, 0.3) is 0 Å². The van der Waals surface area contributed by atoms with Crippen LogP contribution in [0.1, 0.15) is 40.0 Å². The molecule has 13 heavy (non-hydrogen) atoms. The summed E-state index contributed by atoms with van der Waals surface area (Å²) in [6.45, 7) is 6.31. The van der Waals surface area contributed by atoms with E-state index >= 15 is 0 Å². The minimum Gasteiger partial charge on any atom is -0.295 e. The molecule has 1 heteroatoms. The van der Waals surface area contributed by atoms with Crippen molar-refractivity contribution in [3.05, 3.63) is 23.3 Å². The molecule has 0 N–H and O–H groups in total. The summed E-state index contributed by atoms with van der Waals surface area (Å²) in [5.41, 5.74) is 2.62. The van der Waals surface area contributed by atoms with E-state index in [9.17, 15) is 4.79 Å². The minimum atomic E-state index is 0.297. The number of carbonyl (C=O) groups excluding carboxylic acids is 1. The maximum atomic E-state index is 11.1. The van der Waals surface area contributed by atoms with Crippen molar-refractivity contribution < 1.29 is 4.79 Å². The van der Waals surface area contributed by atoms with Crippen LogP contribution < -0.4 is 0 Å². The molecular weight excluding hydrogens is 160 g/mol. The molecule has 0 fully saturated rings. The lowest BCUT2D eigenvalue weighted by atomic mass is 9.85. The summed E-state index contributed by atoms with van der Waals surface area (Å²) in [7, 11) is 0. The first kappa shape index (κ1) is 10.2. The molecule has 0 amide bonds. The Morgan fingerprint density at radius 2 is 2.31 bits per heavy atom. The molecule has 0 unspecified atom stereocenters. The van der Waals surface area contributed by atoms with Crippen molar-refractivity contribution in [1.29, 1.82) is 0 Å². The number of hydrogen-bond acceptors (Lipinski definition) is 1. The van der Waals surface area contributed by atoms with E-state index in [0.717, 1.165) is 19.3 Å². The third-order valence-corrected chi connectivity index (χ3v) is 2.58. The fraction of sp³-hybridized carbons (Fsp3) is 0.583. The van der Waals surface area contributed by atoms with Crippen LogP contribution in [0, 0.1) is 5.92 Å². The van der Waals surface area contributed by atoms with E-state index in [0.29, 0.717) is 11.7 Å². The molecule has 72 valence electrons. The lowest BCUT2D eigenvalue weighted by Crippen LogP contribution is -2.11. The molecule has 0 saturated heterocycles. The Bertz CT molecular complexity index is 254. The highest BCUT2D eigenvalue weighted by molar-refractivity contribution is 5.91. The average Bonchev–Trinajstić information content (AvgIpc) is 2.02. The summed E-state index contributed by atoms with van der Waals surface area (Å²) >= 11 is 0. The van der Waals surface area contributed by atoms with Gasteiger partial charge in [0.25, 0.3) is 0 Å². The van der Waals surface area contributed by atoms with E-state index in [-0.39, 0.29) is 0 Å². The Labute approximate surface area is 80.5 Å². The molecule has 0 aromatic heterocycles. The van der Waals surface area contributed by atoms with Crippen LogP contribution >= 0.6 is 0 Å². The van der Waals surface area contributed by atoms with Crippen molar-refractivity contribution in [2.24, 2.45) is 5.92 Å². The van der Waals surface area contributed by atoms with Crippen molar-refractivity contribution in [3.8, 4) is 0 Å². The summed E-state index contributed by atoms with van der Waals surface area (Å²) in [6.07, 6.45) is 6.94. The van der Waals surface area contributed by atoms with Crippen LogP contribution in [-0.4, -0.2) is 5.78 Å². The molecule has 0 aromatic carbocycles. The van der Waals surface area contributed by atoms with Gasteiger partial charge >= 0.3 is 0 Å². The molecule has 1 atom stereocenters. The largest absolute Gasteiger partial charge is 0.295 e. The standard InChI is InChI=1S/C12H18O/c1-9(2)4-5-11-6-7-12(13)8-10(11)3/h4,8,11H,5-7H2,1-3H3/t11-/m0/s1. The number of allylic oxidation sites excluding steroid dienone is 4. The molecule has 0 aliphatic heterocycles. The summed E-state index contributed by atoms with van der Waals surface area (Å²) in [6, 6.07) is 0. The summed E-state index contributed by atoms with van der Waals surface area (Å²) in [5, 5.41) is 0. The zero-order chi connectivity index (χ0) is 9.84. The van der Waals surface area contributed by atoms with Gasteiger partial charge in [-0.15, -0.1) is 0 Å². The molecule has 1 nitrogen and oxygen atoms in total. The average molecular weight is 178 g/mol. The first-order valence-electron chi connectivity index (χ1n) is 4.94. The summed E-state index contributed by atoms with van der Waals surface area (Å²) in [4.78, 5) is 11.1. The SMILES string of the molecule is CC(C)=CC[C@H]1CCC(=O)C=C1C. The Morgan fingerprint density at radius 3 is 2.85 bits per heavy atom. The van der Waals surface area contributed by atoms with E-state index < -0.39 is 0 Å². The molecule has 0 bridgehead atoms. The molecule has 0 heterocycles. The van der Waals surface area contributed by atoms with Crippen LogP contribution in [0.5, 0.6) is 0 Å². The van der Waals surface area contributed by atoms with Crippen LogP contribution in [0.2, 0.25) is 0 Å². The van der Waals surface area contributed by atoms with Crippen LogP contribution in [0.15, 0.2) is 23.3 Å². The van der Waals surface area contributed by atoms with Gasteiger partial charge in [-0.25, -0.2) is 0 Å². The van der Waals surface area contributed by atoms with Crippen molar-refractivity contribution >= 4 is 5.78 Å². The Morgan fingerprint density at radius 1 is 1.62 bits per heavy atom. The van der Waals surface area contributed by atoms with Crippen molar-refractivity contribution in [3.63, 3.8) is 0 Å². The van der Waals surface area contributed by atoms with Gasteiger partial charge in [0, 0.05) is 6.42 Å². The van der Waals surface area contributed by atoms with E-state index in [1.54, 1.807) is 0 Å². The fourth-order valence-electron chi connectivity index (χ4n) is 1.67. The van der Waals surface area contributed by atoms with E-state index in [1.807, 2.05) is 6.08 Å². The molecule has 0 saturated carbocycles. The Hall–Kier alpha value is -0.850. The predicted octanol–water partition coefficient (Wildman–Crippen LogP) is 3.27. The van der Waals surface area contributed by atoms with Gasteiger partial charge in [0.2, 0.25) is 0 Å². The summed E-state index contributed by atoms with van der Waals surface area (Å²) < 4.78 is 0. The highest BCUT2D eigenvalue weighted by Crippen LogP contribution is 2.26. The normalized spacial score (nSPS) is 22.5. The molecule has 0 aromatic rings. The third-order valence-electron chi connectivity index (χ3n) is 2.58. The first-order valence-corrected chi connectivity index (χ1v) is 4.94. The van der Waals surface area contributed by atoms with Crippen molar-refractivity contribution in [1.82, 2.24) is 0 Å². The van der Waals surface area contributed by atoms with Crippen LogP contribution in [-0.2, 0) is 4.79 Å². The highest BCUT2D eigenvalue weighted by atomic mass is 16.1. The second kappa shape index (κ2) is 4.40. The number of rotatable bonds is 2. The highest BCUT2D eigenvalue weighted by Gasteiger charge is 2.16. The Kier molecular flexibility index (Phi) is 3.47. The quantitative estimate of drug-likeness (QED) is 0.593. The predicted molar refractivity (Wildman–Crippen MR) is 55.5 cm³/mol. The molecular formula is C12H18O. The monoisotopic (exact) mass is 178 g/mol. The molecule has 0 radical (unpaired) electrons. The van der Waals surface area contributed by atoms with Gasteiger partial charge in [0.1, 0.15) is 0 Å². The minimum absolute atomic E-state index is 0.297. The lowest BCUT2D eigenvalue weighted by Gasteiger charge is -2.19. The summed E-state index contributed by atoms with van der Waals surface area (Å²) in [5.74, 6) is 0.901. The van der Waals surface area contributed by atoms with Gasteiger partial charge < -0.3 is 0 Å². The van der Waals surface area contributed by atoms with Crippen LogP contribution in [0.3, 0.4) is 0 Å². The number of hydrogen-bond donors (Lipinski definition) is 0. The maximum Gasteiger partial charge on any atom is 0.155 e. The van der Waals surface area contributed by atoms with Gasteiger partial charge in [-0.2, -0.15) is 0 Å². The van der Waals surface area contributed by atoms with Crippen molar-refractivity contribution in [2.75, 3.05) is 0 Å². The van der Waals surface area contributed by atoms with Gasteiger partial charge in [0.15, 0.2) is 5.78 Å². The van der Waals surface area contributed by atoms with Gasteiger partial charge in [-0.1, -0.05) is 17.2 Å². The first-order chi connectivity index (χ1) is 6.09. The Balaban J connectivity index is 2.57. The smallest absolute Gasteiger partial charge is 0.155 e. The zero-order valence-electron chi connectivity index (χ0n) is 8.76. The van der Waals surface area contributed by atoms with Gasteiger partial charge in [-0.05, 0) is 45.6 Å². The molecule has 1 rings (SSSR count). The van der Waals surface area contributed by atoms with Gasteiger partial charge in [-0.3, -0.25) is 4.79 Å². The third kappa shape index (κ3) is 3.17. The lowest BCUT2D eigenvalue weighted by molar-refractivity contribution is -0.115.